The first kappa shape index (κ1) is 49.0. The van der Waals surface area contributed by atoms with Crippen molar-refractivity contribution in [3.8, 4) is 28.1 Å². The Morgan fingerprint density at radius 1 is 1.06 bits per heavy atom. The third kappa shape index (κ3) is 10.8. The van der Waals surface area contributed by atoms with Crippen LogP contribution in [0, 0.1) is 11.3 Å². The number of benzene rings is 2. The van der Waals surface area contributed by atoms with E-state index in [4.69, 9.17) is 14.2 Å². The van der Waals surface area contributed by atoms with E-state index in [2.05, 4.69) is 58.5 Å². The zero-order chi connectivity index (χ0) is 48.3. The minimum absolute atomic E-state index is 0.0230. The summed E-state index contributed by atoms with van der Waals surface area (Å²) in [7, 11) is 6.28. The lowest BCUT2D eigenvalue weighted by atomic mass is 9.84. The summed E-state index contributed by atoms with van der Waals surface area (Å²) >= 11 is 0. The molecule has 3 aliphatic rings. The minimum Gasteiger partial charge on any atom is -0.508 e. The molecule has 17 nitrogen and oxygen atoms in total. The predicted molar refractivity (Wildman–Crippen MR) is 252 cm³/mol. The van der Waals surface area contributed by atoms with Crippen LogP contribution in [0.15, 0.2) is 54.9 Å². The Balaban J connectivity index is 1.27. The molecule has 6 bridgehead atoms. The van der Waals surface area contributed by atoms with E-state index in [1.54, 1.807) is 53.4 Å². The number of pyridine rings is 1. The van der Waals surface area contributed by atoms with Crippen molar-refractivity contribution in [2.45, 2.75) is 104 Å². The molecule has 4 N–H and O–H groups in total. The van der Waals surface area contributed by atoms with E-state index in [9.17, 15) is 29.1 Å². The van der Waals surface area contributed by atoms with Crippen LogP contribution in [-0.2, 0) is 64.2 Å². The number of phenolic OH excluding ortho intramolecular Hbond substituents is 1. The van der Waals surface area contributed by atoms with Crippen molar-refractivity contribution in [1.82, 2.24) is 40.4 Å². The Hall–Kier alpha value is -5.88. The van der Waals surface area contributed by atoms with Gasteiger partial charge >= 0.3 is 5.97 Å². The Kier molecular flexibility index (Phi) is 15.0. The number of aromatic hydroxyl groups is 1. The molecule has 5 atom stereocenters. The fourth-order valence-electron chi connectivity index (χ4n) is 9.64. The fourth-order valence-corrected chi connectivity index (χ4v) is 9.64. The van der Waals surface area contributed by atoms with E-state index in [1.807, 2.05) is 24.4 Å². The number of amides is 4. The molecule has 0 unspecified atom stereocenters. The molecule has 2 fully saturated rings. The van der Waals surface area contributed by atoms with Crippen molar-refractivity contribution in [3.63, 3.8) is 0 Å². The molecule has 4 amide bonds. The molecular formula is C50H66N8O9. The number of aryl methyl sites for hydroxylation is 1. The molecule has 7 rings (SSSR count). The lowest BCUT2D eigenvalue weighted by Gasteiger charge is -2.37. The number of ether oxygens (including phenoxy) is 3. The minimum atomic E-state index is -1.19. The number of likely N-dealkylation sites (N-methyl/N-ethyl adjacent to an activating group) is 2. The average Bonchev–Trinajstić information content (AvgIpc) is 4.00. The van der Waals surface area contributed by atoms with E-state index in [0.29, 0.717) is 50.1 Å². The number of hydrogen-bond donors (Lipinski definition) is 4. The second-order valence-corrected chi connectivity index (χ2v) is 19.3. The lowest BCUT2D eigenvalue weighted by Crippen LogP contribution is -2.62. The summed E-state index contributed by atoms with van der Waals surface area (Å²) < 4.78 is 19.1. The number of fused-ring (bicyclic) bond motifs is 6. The summed E-state index contributed by atoms with van der Waals surface area (Å²) in [5, 5.41) is 19.7. The second kappa shape index (κ2) is 20.6. The van der Waals surface area contributed by atoms with Crippen molar-refractivity contribution in [3.05, 3.63) is 71.5 Å². The molecule has 0 radical (unpaired) electrons. The number of nitrogens with zero attached hydrogens (tertiary/aromatic N) is 5. The molecule has 5 heterocycles. The smallest absolute Gasteiger partial charge is 0.324 e. The Morgan fingerprint density at radius 3 is 2.55 bits per heavy atom. The fraction of sp³-hybridized carbons (Fsp3) is 0.520. The SMILES string of the molecule is CCn1c(-c2cnccc2COC)c2c3cc(ccc31)-c1cc(O)cc(c1)C[C@H](NC(=O)[C@H](C(C)C)N(C)C(=O)CN(C)C(=O)[C@@H]1N[C@@H]1COC)C(=O)N1CCC[C@H](N1)C(=O)OCC(C)(C)C2. The molecular weight excluding hydrogens is 857 g/mol. The third-order valence-electron chi connectivity index (χ3n) is 13.1. The van der Waals surface area contributed by atoms with Gasteiger partial charge in [-0.3, -0.25) is 39.3 Å². The van der Waals surface area contributed by atoms with Gasteiger partial charge < -0.3 is 39.0 Å². The highest BCUT2D eigenvalue weighted by molar-refractivity contribution is 5.96. The molecule has 0 saturated carbocycles. The van der Waals surface area contributed by atoms with Crippen molar-refractivity contribution >= 4 is 40.5 Å². The van der Waals surface area contributed by atoms with Crippen LogP contribution in [-0.4, -0.2) is 144 Å². The predicted octanol–water partition coefficient (Wildman–Crippen LogP) is 3.82. The van der Waals surface area contributed by atoms with Gasteiger partial charge in [0.1, 0.15) is 29.9 Å². The van der Waals surface area contributed by atoms with Crippen LogP contribution in [0.3, 0.4) is 0 Å². The van der Waals surface area contributed by atoms with Gasteiger partial charge in [0.2, 0.25) is 17.7 Å². The van der Waals surface area contributed by atoms with Crippen molar-refractivity contribution < 1.29 is 43.3 Å². The Morgan fingerprint density at radius 2 is 1.84 bits per heavy atom. The number of carbonyl (C=O) groups is 5. The quantitative estimate of drug-likeness (QED) is 0.112. The monoisotopic (exact) mass is 922 g/mol. The van der Waals surface area contributed by atoms with Gasteiger partial charge in [0, 0.05) is 82.1 Å². The maximum Gasteiger partial charge on any atom is 0.324 e. The molecule has 67 heavy (non-hydrogen) atoms. The van der Waals surface area contributed by atoms with Gasteiger partial charge in [-0.1, -0.05) is 39.8 Å². The van der Waals surface area contributed by atoms with Gasteiger partial charge in [0.15, 0.2) is 0 Å². The van der Waals surface area contributed by atoms with Crippen molar-refractivity contribution in [1.29, 1.82) is 0 Å². The van der Waals surface area contributed by atoms with Gasteiger partial charge in [-0.2, -0.15) is 0 Å². The summed E-state index contributed by atoms with van der Waals surface area (Å²) in [6.07, 6.45) is 5.07. The Labute approximate surface area is 392 Å². The van der Waals surface area contributed by atoms with E-state index >= 15 is 0 Å². The summed E-state index contributed by atoms with van der Waals surface area (Å²) in [5.41, 5.74) is 9.64. The first-order valence-corrected chi connectivity index (χ1v) is 23.2. The maximum absolute atomic E-state index is 14.7. The molecule has 2 aromatic carbocycles. The van der Waals surface area contributed by atoms with E-state index < -0.39 is 59.2 Å². The number of cyclic esters (lactones) is 1. The van der Waals surface area contributed by atoms with Crippen LogP contribution >= 0.6 is 0 Å². The van der Waals surface area contributed by atoms with Crippen LogP contribution in [0.5, 0.6) is 5.75 Å². The Bertz CT molecular complexity index is 2500. The van der Waals surface area contributed by atoms with E-state index in [-0.39, 0.29) is 43.8 Å². The molecule has 360 valence electrons. The number of methoxy groups -OCH3 is 2. The topological polar surface area (TPSA) is 207 Å². The molecule has 2 aromatic heterocycles. The molecule has 2 saturated heterocycles. The van der Waals surface area contributed by atoms with Crippen LogP contribution in [0.25, 0.3) is 33.3 Å². The molecule has 0 spiro atoms. The first-order chi connectivity index (χ1) is 31.9. The van der Waals surface area contributed by atoms with Crippen LogP contribution in [0.4, 0.5) is 0 Å². The lowest BCUT2D eigenvalue weighted by molar-refractivity contribution is -0.155. The summed E-state index contributed by atoms with van der Waals surface area (Å²) in [5.74, 6) is -2.69. The number of nitrogens with one attached hydrogen (secondary N) is 3. The largest absolute Gasteiger partial charge is 0.508 e. The van der Waals surface area contributed by atoms with Crippen LogP contribution in [0.1, 0.15) is 64.2 Å². The molecule has 3 aliphatic heterocycles. The van der Waals surface area contributed by atoms with E-state index in [1.165, 1.54) is 21.9 Å². The zero-order valence-electron chi connectivity index (χ0n) is 40.2. The molecule has 4 aromatic rings. The standard InChI is InChI=1S/C50H66N8O9/c1-10-57-41-14-13-31-22-35(41)36(45(57)37-24-51-16-15-32(37)26-65-8)23-50(4,5)28-67-49(64)38-12-11-17-58(54-38)47(62)39(20-30-18-33(31)21-34(59)19-30)53-46(61)44(29(2)3)56(7)42(60)25-55(6)48(63)43-40(52-43)27-66-9/h13-16,18-19,21-22,24,29,38-40,43-44,52,54,59H,10-12,17,20,23,25-28H2,1-9H3,(H,53,61)/t38-,39-,40+,43+,44-/m0/s1. The van der Waals surface area contributed by atoms with Gasteiger partial charge in [-0.25, -0.2) is 5.43 Å². The summed E-state index contributed by atoms with van der Waals surface area (Å²) in [6, 6.07) is 9.73. The first-order valence-electron chi connectivity index (χ1n) is 23.2. The highest BCUT2D eigenvalue weighted by atomic mass is 16.5. The van der Waals surface area contributed by atoms with Crippen molar-refractivity contribution in [2.75, 3.05) is 54.6 Å². The molecule has 0 aliphatic carbocycles. The number of carbonyl (C=O) groups excluding carboxylic acids is 5. The number of rotatable bonds is 13. The van der Waals surface area contributed by atoms with Gasteiger partial charge in [0.25, 0.3) is 5.91 Å². The number of aromatic nitrogens is 2. The van der Waals surface area contributed by atoms with Gasteiger partial charge in [-0.15, -0.1) is 0 Å². The van der Waals surface area contributed by atoms with E-state index in [0.717, 1.165) is 38.9 Å². The van der Waals surface area contributed by atoms with Crippen LogP contribution in [0.2, 0.25) is 0 Å². The van der Waals surface area contributed by atoms with Gasteiger partial charge in [-0.05, 0) is 90.3 Å². The number of hydrogen-bond acceptors (Lipinski definition) is 12. The number of phenols is 1. The zero-order valence-corrected chi connectivity index (χ0v) is 40.2. The molecule has 17 heteroatoms. The second-order valence-electron chi connectivity index (χ2n) is 19.3. The summed E-state index contributed by atoms with van der Waals surface area (Å²) in [6.45, 7) is 11.4. The van der Waals surface area contributed by atoms with Crippen LogP contribution < -0.4 is 16.1 Å². The number of hydrazine groups is 1. The maximum atomic E-state index is 14.7. The highest BCUT2D eigenvalue weighted by Crippen LogP contribution is 2.41. The number of esters is 1. The van der Waals surface area contributed by atoms with Crippen molar-refractivity contribution in [2.24, 2.45) is 11.3 Å². The van der Waals surface area contributed by atoms with Gasteiger partial charge in [0.05, 0.1) is 38.1 Å². The third-order valence-corrected chi connectivity index (χ3v) is 13.1. The average molecular weight is 923 g/mol. The highest BCUT2D eigenvalue weighted by Gasteiger charge is 2.44. The summed E-state index contributed by atoms with van der Waals surface area (Å²) in [4.78, 5) is 77.0. The normalized spacial score (nSPS) is 21.1.